The molecule has 0 aliphatic rings. The van der Waals surface area contributed by atoms with Crippen LogP contribution in [0.25, 0.3) is 0 Å². The van der Waals surface area contributed by atoms with Crippen LogP contribution in [0.2, 0.25) is 5.02 Å². The fourth-order valence-corrected chi connectivity index (χ4v) is 1.72. The molecule has 0 fully saturated rings. The van der Waals surface area contributed by atoms with E-state index in [4.69, 9.17) is 17.3 Å². The first-order valence-electron chi connectivity index (χ1n) is 6.14. The normalized spacial score (nSPS) is 10.1. The molecule has 0 spiro atoms. The Labute approximate surface area is 122 Å². The molecule has 104 valence electrons. The van der Waals surface area contributed by atoms with Gasteiger partial charge in [-0.25, -0.2) is 4.98 Å². The van der Waals surface area contributed by atoms with E-state index in [-0.39, 0.29) is 5.91 Å². The monoisotopic (exact) mass is 290 g/mol. The molecule has 0 saturated carbocycles. The number of benzene rings is 1. The number of nitrogens with one attached hydrogen (secondary N) is 2. The third-order valence-electron chi connectivity index (χ3n) is 2.63. The Morgan fingerprint density at radius 1 is 1.15 bits per heavy atom. The molecule has 2 rings (SSSR count). The van der Waals surface area contributed by atoms with E-state index in [2.05, 4.69) is 15.6 Å². The molecule has 0 aliphatic heterocycles. The summed E-state index contributed by atoms with van der Waals surface area (Å²) in [5, 5.41) is 6.55. The van der Waals surface area contributed by atoms with Crippen LogP contribution in [0.15, 0.2) is 42.6 Å². The first-order chi connectivity index (χ1) is 9.65. The summed E-state index contributed by atoms with van der Waals surface area (Å²) < 4.78 is 0. The van der Waals surface area contributed by atoms with E-state index < -0.39 is 0 Å². The largest absolute Gasteiger partial charge is 0.384 e. The Hall–Kier alpha value is -2.27. The number of nitrogens with zero attached hydrogens (tertiary/aromatic N) is 1. The van der Waals surface area contributed by atoms with Crippen molar-refractivity contribution in [1.29, 1.82) is 0 Å². The molecular weight excluding hydrogens is 276 g/mol. The van der Waals surface area contributed by atoms with E-state index in [0.29, 0.717) is 29.5 Å². The second-order valence-electron chi connectivity index (χ2n) is 4.16. The lowest BCUT2D eigenvalue weighted by Crippen LogP contribution is -2.28. The van der Waals surface area contributed by atoms with Crippen molar-refractivity contribution in [2.75, 3.05) is 24.1 Å². The molecule has 1 heterocycles. The summed E-state index contributed by atoms with van der Waals surface area (Å²) in [6, 6.07) is 10.3. The van der Waals surface area contributed by atoms with E-state index in [1.165, 1.54) is 0 Å². The first-order valence-corrected chi connectivity index (χ1v) is 6.52. The molecule has 0 aliphatic carbocycles. The number of amides is 1. The van der Waals surface area contributed by atoms with Crippen molar-refractivity contribution in [2.45, 2.75) is 0 Å². The molecule has 5 nitrogen and oxygen atoms in total. The van der Waals surface area contributed by atoms with Gasteiger partial charge in [-0.15, -0.1) is 0 Å². The highest BCUT2D eigenvalue weighted by Gasteiger charge is 2.03. The van der Waals surface area contributed by atoms with E-state index in [1.807, 2.05) is 6.07 Å². The van der Waals surface area contributed by atoms with E-state index in [0.717, 1.165) is 5.69 Å². The maximum atomic E-state index is 11.8. The van der Waals surface area contributed by atoms with Gasteiger partial charge in [-0.1, -0.05) is 11.6 Å². The number of anilines is 2. The van der Waals surface area contributed by atoms with Crippen LogP contribution >= 0.6 is 11.6 Å². The molecule has 1 amide bonds. The summed E-state index contributed by atoms with van der Waals surface area (Å²) in [5.41, 5.74) is 6.94. The number of nitrogen functional groups attached to an aromatic ring is 1. The topological polar surface area (TPSA) is 80.0 Å². The summed E-state index contributed by atoms with van der Waals surface area (Å²) >= 11 is 5.77. The third kappa shape index (κ3) is 4.13. The molecule has 0 atom stereocenters. The smallest absolute Gasteiger partial charge is 0.251 e. The Morgan fingerprint density at radius 3 is 2.55 bits per heavy atom. The summed E-state index contributed by atoms with van der Waals surface area (Å²) in [6.07, 6.45) is 1.65. The number of carbonyl (C=O) groups is 1. The van der Waals surface area contributed by atoms with Gasteiger partial charge in [0.05, 0.1) is 11.9 Å². The predicted molar refractivity (Wildman–Crippen MR) is 80.9 cm³/mol. The molecule has 20 heavy (non-hydrogen) atoms. The molecule has 1 aromatic carbocycles. The molecule has 0 bridgehead atoms. The number of pyridine rings is 1. The zero-order valence-corrected chi connectivity index (χ0v) is 11.5. The fourth-order valence-electron chi connectivity index (χ4n) is 1.60. The van der Waals surface area contributed by atoms with Crippen molar-refractivity contribution in [3.05, 3.63) is 53.2 Å². The number of aromatic nitrogens is 1. The van der Waals surface area contributed by atoms with Crippen LogP contribution in [0.5, 0.6) is 0 Å². The van der Waals surface area contributed by atoms with Gasteiger partial charge in [-0.05, 0) is 36.4 Å². The summed E-state index contributed by atoms with van der Waals surface area (Å²) in [4.78, 5) is 15.8. The van der Waals surface area contributed by atoms with E-state index >= 15 is 0 Å². The molecule has 2 aromatic rings. The van der Waals surface area contributed by atoms with E-state index in [1.54, 1.807) is 36.5 Å². The number of halogens is 1. The average molecular weight is 291 g/mol. The lowest BCUT2D eigenvalue weighted by atomic mass is 10.2. The number of hydrogen-bond acceptors (Lipinski definition) is 4. The van der Waals surface area contributed by atoms with Gasteiger partial charge in [-0.2, -0.15) is 0 Å². The molecule has 0 saturated heterocycles. The van der Waals surface area contributed by atoms with Gasteiger partial charge in [0.1, 0.15) is 5.82 Å². The summed E-state index contributed by atoms with van der Waals surface area (Å²) in [5.74, 6) is 0.352. The minimum atomic E-state index is -0.126. The van der Waals surface area contributed by atoms with Crippen molar-refractivity contribution in [2.24, 2.45) is 0 Å². The first kappa shape index (κ1) is 14.1. The summed E-state index contributed by atoms with van der Waals surface area (Å²) in [7, 11) is 0. The SMILES string of the molecule is Nc1ccc(NCCNC(=O)c2ccc(Cl)cc2)cn1. The van der Waals surface area contributed by atoms with Crippen LogP contribution in [0.3, 0.4) is 0 Å². The lowest BCUT2D eigenvalue weighted by Gasteiger charge is -2.08. The third-order valence-corrected chi connectivity index (χ3v) is 2.88. The zero-order chi connectivity index (χ0) is 14.4. The number of nitrogens with two attached hydrogens (primary N) is 1. The molecule has 1 aromatic heterocycles. The van der Waals surface area contributed by atoms with Crippen LogP contribution in [-0.2, 0) is 0 Å². The number of carbonyl (C=O) groups excluding carboxylic acids is 1. The van der Waals surface area contributed by atoms with Crippen molar-refractivity contribution < 1.29 is 4.79 Å². The Kier molecular flexibility index (Phi) is 4.79. The minimum absolute atomic E-state index is 0.126. The van der Waals surface area contributed by atoms with Gasteiger partial charge in [-0.3, -0.25) is 4.79 Å². The minimum Gasteiger partial charge on any atom is -0.384 e. The standard InChI is InChI=1S/C14H15ClN4O/c15-11-3-1-10(2-4-11)14(20)18-8-7-17-12-5-6-13(16)19-9-12/h1-6,9,17H,7-8H2,(H2,16,19)(H,18,20). The van der Waals surface area contributed by atoms with Crippen molar-refractivity contribution >= 4 is 29.0 Å². The highest BCUT2D eigenvalue weighted by molar-refractivity contribution is 6.30. The number of hydrogen-bond donors (Lipinski definition) is 3. The molecule has 0 unspecified atom stereocenters. The maximum absolute atomic E-state index is 11.8. The van der Waals surface area contributed by atoms with Gasteiger partial charge in [0.15, 0.2) is 0 Å². The van der Waals surface area contributed by atoms with Crippen molar-refractivity contribution in [3.63, 3.8) is 0 Å². The van der Waals surface area contributed by atoms with Gasteiger partial charge < -0.3 is 16.4 Å². The highest BCUT2D eigenvalue weighted by Crippen LogP contribution is 2.09. The van der Waals surface area contributed by atoms with Gasteiger partial charge >= 0.3 is 0 Å². The lowest BCUT2D eigenvalue weighted by molar-refractivity contribution is 0.0955. The second kappa shape index (κ2) is 6.77. The van der Waals surface area contributed by atoms with Crippen LogP contribution in [0.1, 0.15) is 10.4 Å². The Bertz CT molecular complexity index is 569. The predicted octanol–water partition coefficient (Wildman–Crippen LogP) is 2.16. The van der Waals surface area contributed by atoms with E-state index in [9.17, 15) is 4.79 Å². The van der Waals surface area contributed by atoms with Gasteiger partial charge in [0, 0.05) is 23.7 Å². The fraction of sp³-hybridized carbons (Fsp3) is 0.143. The van der Waals surface area contributed by atoms with Crippen molar-refractivity contribution in [1.82, 2.24) is 10.3 Å². The Balaban J connectivity index is 1.74. The molecule has 6 heteroatoms. The highest BCUT2D eigenvalue weighted by atomic mass is 35.5. The molecule has 4 N–H and O–H groups in total. The summed E-state index contributed by atoms with van der Waals surface area (Å²) in [6.45, 7) is 1.11. The quantitative estimate of drug-likeness (QED) is 0.737. The maximum Gasteiger partial charge on any atom is 0.251 e. The van der Waals surface area contributed by atoms with Crippen LogP contribution in [0, 0.1) is 0 Å². The molecule has 0 radical (unpaired) electrons. The zero-order valence-electron chi connectivity index (χ0n) is 10.8. The van der Waals surface area contributed by atoms with Gasteiger partial charge in [0.25, 0.3) is 5.91 Å². The van der Waals surface area contributed by atoms with Crippen LogP contribution in [0.4, 0.5) is 11.5 Å². The average Bonchev–Trinajstić information content (AvgIpc) is 2.46. The number of rotatable bonds is 5. The van der Waals surface area contributed by atoms with Gasteiger partial charge in [0.2, 0.25) is 0 Å². The van der Waals surface area contributed by atoms with Crippen LogP contribution < -0.4 is 16.4 Å². The Morgan fingerprint density at radius 2 is 1.90 bits per heavy atom. The molecular formula is C14H15ClN4O. The van der Waals surface area contributed by atoms with Crippen LogP contribution in [-0.4, -0.2) is 24.0 Å². The second-order valence-corrected chi connectivity index (χ2v) is 4.60. The van der Waals surface area contributed by atoms with Crippen molar-refractivity contribution in [3.8, 4) is 0 Å².